The second-order valence-electron chi connectivity index (χ2n) is 4.15. The van der Waals surface area contributed by atoms with Crippen molar-refractivity contribution in [1.29, 1.82) is 0 Å². The highest BCUT2D eigenvalue weighted by Gasteiger charge is 2.25. The Labute approximate surface area is 130 Å². The Balaban J connectivity index is 3.36. The number of likely N-dealkylation sites (N-methyl/N-ethyl adjacent to an activating group) is 1. The Kier molecular flexibility index (Phi) is 6.48. The summed E-state index contributed by atoms with van der Waals surface area (Å²) in [7, 11) is -1.90. The number of halogens is 2. The van der Waals surface area contributed by atoms with Crippen LogP contribution in [0.2, 0.25) is 10.0 Å². The Morgan fingerprint density at radius 2 is 2.00 bits per heavy atom. The molecule has 20 heavy (non-hydrogen) atoms. The van der Waals surface area contributed by atoms with Crippen molar-refractivity contribution in [2.45, 2.75) is 18.4 Å². The molecule has 7 heteroatoms. The molecule has 0 atom stereocenters. The Morgan fingerprint density at radius 3 is 2.50 bits per heavy atom. The van der Waals surface area contributed by atoms with E-state index in [9.17, 15) is 8.42 Å². The van der Waals surface area contributed by atoms with Gasteiger partial charge in [0.25, 0.3) is 0 Å². The van der Waals surface area contributed by atoms with E-state index in [1.807, 2.05) is 0 Å². The maximum Gasteiger partial charge on any atom is 0.244 e. The number of nitrogens with zero attached hydrogens (tertiary/aromatic N) is 1. The average Bonchev–Trinajstić information content (AvgIpc) is 2.38. The molecular weight excluding hydrogens is 319 g/mol. The Hall–Kier alpha value is -0.590. The van der Waals surface area contributed by atoms with Gasteiger partial charge in [0.1, 0.15) is 4.90 Å². The van der Waals surface area contributed by atoms with Crippen molar-refractivity contribution in [2.24, 2.45) is 0 Å². The van der Waals surface area contributed by atoms with Gasteiger partial charge in [-0.1, -0.05) is 36.2 Å². The van der Waals surface area contributed by atoms with Gasteiger partial charge in [0.05, 0.1) is 5.02 Å². The van der Waals surface area contributed by atoms with E-state index < -0.39 is 10.0 Å². The summed E-state index contributed by atoms with van der Waals surface area (Å²) in [5.41, 5.74) is 0.687. The van der Waals surface area contributed by atoms with Gasteiger partial charge < -0.3 is 5.32 Å². The van der Waals surface area contributed by atoms with Crippen LogP contribution in [-0.4, -0.2) is 32.9 Å². The van der Waals surface area contributed by atoms with E-state index in [4.69, 9.17) is 23.2 Å². The zero-order valence-electron chi connectivity index (χ0n) is 11.5. The monoisotopic (exact) mass is 336 g/mol. The molecule has 0 amide bonds. The summed E-state index contributed by atoms with van der Waals surface area (Å²) in [5.74, 6) is 0. The van der Waals surface area contributed by atoms with E-state index in [1.54, 1.807) is 20.0 Å². The summed E-state index contributed by atoms with van der Waals surface area (Å²) in [4.78, 5) is 0.0671. The number of hydrogen-bond donors (Lipinski definition) is 1. The van der Waals surface area contributed by atoms with Crippen LogP contribution in [0.15, 0.2) is 29.7 Å². The highest BCUT2D eigenvalue weighted by atomic mass is 35.5. The van der Waals surface area contributed by atoms with Crippen LogP contribution in [0.25, 0.3) is 0 Å². The second-order valence-corrected chi connectivity index (χ2v) is 6.87. The van der Waals surface area contributed by atoms with Crippen molar-refractivity contribution in [3.05, 3.63) is 40.4 Å². The first-order chi connectivity index (χ1) is 9.38. The minimum absolute atomic E-state index is 0.0671. The van der Waals surface area contributed by atoms with E-state index in [1.165, 1.54) is 16.4 Å². The van der Waals surface area contributed by atoms with Crippen LogP contribution in [0.5, 0.6) is 0 Å². The molecule has 0 saturated heterocycles. The zero-order valence-corrected chi connectivity index (χ0v) is 13.8. The van der Waals surface area contributed by atoms with Crippen LogP contribution in [-0.2, 0) is 16.6 Å². The van der Waals surface area contributed by atoms with Gasteiger partial charge in [-0.05, 0) is 24.7 Å². The van der Waals surface area contributed by atoms with Gasteiger partial charge in [-0.25, -0.2) is 8.42 Å². The highest BCUT2D eigenvalue weighted by Crippen LogP contribution is 2.30. The number of rotatable bonds is 7. The van der Waals surface area contributed by atoms with Gasteiger partial charge in [-0.3, -0.25) is 0 Å². The fraction of sp³-hybridized carbons (Fsp3) is 0.385. The molecule has 1 rings (SSSR count). The van der Waals surface area contributed by atoms with Gasteiger partial charge in [-0.15, -0.1) is 6.58 Å². The molecule has 0 fully saturated rings. The molecule has 0 aliphatic rings. The average molecular weight is 337 g/mol. The molecule has 4 nitrogen and oxygen atoms in total. The number of hydrogen-bond acceptors (Lipinski definition) is 3. The predicted molar refractivity (Wildman–Crippen MR) is 83.9 cm³/mol. The molecule has 0 aliphatic carbocycles. The molecule has 1 aromatic rings. The van der Waals surface area contributed by atoms with Crippen molar-refractivity contribution >= 4 is 33.2 Å². The maximum atomic E-state index is 12.6. The third-order valence-electron chi connectivity index (χ3n) is 2.77. The molecular formula is C13H18Cl2N2O2S. The second kappa shape index (κ2) is 7.43. The first-order valence-corrected chi connectivity index (χ1v) is 8.31. The quantitative estimate of drug-likeness (QED) is 0.779. The van der Waals surface area contributed by atoms with Crippen molar-refractivity contribution in [3.8, 4) is 0 Å². The van der Waals surface area contributed by atoms with Crippen LogP contribution < -0.4 is 5.32 Å². The summed E-state index contributed by atoms with van der Waals surface area (Å²) >= 11 is 12.1. The van der Waals surface area contributed by atoms with Crippen LogP contribution in [0.1, 0.15) is 12.5 Å². The normalized spacial score (nSPS) is 11.8. The topological polar surface area (TPSA) is 49.4 Å². The summed E-state index contributed by atoms with van der Waals surface area (Å²) in [5, 5.41) is 3.50. The molecule has 0 bridgehead atoms. The molecule has 1 aromatic carbocycles. The van der Waals surface area contributed by atoms with E-state index in [-0.39, 0.29) is 16.5 Å². The van der Waals surface area contributed by atoms with Gasteiger partial charge in [0.15, 0.2) is 0 Å². The number of nitrogens with one attached hydrogen (secondary N) is 1. The Morgan fingerprint density at radius 1 is 1.35 bits per heavy atom. The van der Waals surface area contributed by atoms with Gasteiger partial charge in [0, 0.05) is 24.7 Å². The smallest absolute Gasteiger partial charge is 0.244 e. The molecule has 112 valence electrons. The van der Waals surface area contributed by atoms with Crippen LogP contribution in [0, 0.1) is 0 Å². The molecule has 0 aliphatic heterocycles. The molecule has 0 spiro atoms. The zero-order chi connectivity index (χ0) is 15.3. The van der Waals surface area contributed by atoms with Crippen LogP contribution in [0.3, 0.4) is 0 Å². The van der Waals surface area contributed by atoms with Crippen molar-refractivity contribution in [1.82, 2.24) is 9.62 Å². The lowest BCUT2D eigenvalue weighted by molar-refractivity contribution is 0.460. The van der Waals surface area contributed by atoms with Crippen molar-refractivity contribution in [3.63, 3.8) is 0 Å². The fourth-order valence-corrected chi connectivity index (χ4v) is 4.03. The van der Waals surface area contributed by atoms with Crippen molar-refractivity contribution < 1.29 is 8.42 Å². The van der Waals surface area contributed by atoms with Crippen molar-refractivity contribution in [2.75, 3.05) is 20.1 Å². The van der Waals surface area contributed by atoms with Gasteiger partial charge in [-0.2, -0.15) is 4.31 Å². The molecule has 0 saturated carbocycles. The lowest BCUT2D eigenvalue weighted by Crippen LogP contribution is -2.31. The minimum atomic E-state index is -3.66. The molecule has 0 heterocycles. The summed E-state index contributed by atoms with van der Waals surface area (Å²) in [6.07, 6.45) is 1.54. The van der Waals surface area contributed by atoms with Crippen LogP contribution in [0.4, 0.5) is 0 Å². The third kappa shape index (κ3) is 3.74. The van der Waals surface area contributed by atoms with E-state index >= 15 is 0 Å². The summed E-state index contributed by atoms with van der Waals surface area (Å²) < 4.78 is 26.4. The lowest BCUT2D eigenvalue weighted by atomic mass is 10.2. The van der Waals surface area contributed by atoms with E-state index in [0.29, 0.717) is 23.7 Å². The summed E-state index contributed by atoms with van der Waals surface area (Å²) in [6.45, 7) is 6.37. The lowest BCUT2D eigenvalue weighted by Gasteiger charge is -2.20. The highest BCUT2D eigenvalue weighted by molar-refractivity contribution is 7.89. The predicted octanol–water partition coefficient (Wildman–Crippen LogP) is 2.91. The van der Waals surface area contributed by atoms with E-state index in [0.717, 1.165) is 0 Å². The molecule has 1 N–H and O–H groups in total. The minimum Gasteiger partial charge on any atom is -0.316 e. The Bertz CT molecular complexity index is 588. The SMILES string of the molecule is C=CCN(CC)S(=O)(=O)c1cc(CNC)c(Cl)cc1Cl. The van der Waals surface area contributed by atoms with Gasteiger partial charge in [0.2, 0.25) is 10.0 Å². The maximum absolute atomic E-state index is 12.6. The standard InChI is InChI=1S/C13H18Cl2N2O2S/c1-4-6-17(5-2)20(18,19)13-7-10(9-16-3)11(14)8-12(13)15/h4,7-8,16H,1,5-6,9H2,2-3H3. The first kappa shape index (κ1) is 17.5. The first-order valence-electron chi connectivity index (χ1n) is 6.12. The van der Waals surface area contributed by atoms with Gasteiger partial charge >= 0.3 is 0 Å². The molecule has 0 unspecified atom stereocenters. The number of benzene rings is 1. The molecule has 0 aromatic heterocycles. The summed E-state index contributed by atoms with van der Waals surface area (Å²) in [6, 6.07) is 2.98. The largest absolute Gasteiger partial charge is 0.316 e. The molecule has 0 radical (unpaired) electrons. The van der Waals surface area contributed by atoms with Crippen LogP contribution >= 0.6 is 23.2 Å². The number of sulfonamides is 1. The third-order valence-corrected chi connectivity index (χ3v) is 5.53. The van der Waals surface area contributed by atoms with E-state index in [2.05, 4.69) is 11.9 Å². The fourth-order valence-electron chi connectivity index (χ4n) is 1.78.